The Morgan fingerprint density at radius 3 is 3.14 bits per heavy atom. The zero-order valence-electron chi connectivity index (χ0n) is 12.9. The van der Waals surface area contributed by atoms with Gasteiger partial charge in [-0.1, -0.05) is 5.16 Å². The molecule has 0 unspecified atom stereocenters. The Hall–Kier alpha value is -1.79. The number of aliphatic hydroxyl groups is 1. The van der Waals surface area contributed by atoms with Crippen LogP contribution in [0.4, 0.5) is 0 Å². The van der Waals surface area contributed by atoms with E-state index in [0.29, 0.717) is 18.3 Å². The van der Waals surface area contributed by atoms with Gasteiger partial charge in [-0.2, -0.15) is 4.98 Å². The standard InChI is InChI=1S/C16H22N4O2/c1-16(7-4-10-21)6-3-9-20(16)12-14-18-15(19-22-14)13-5-2-8-17-11-13/h2,5,8,11,21H,3-4,6-7,9-10,12H2,1H3/t16-/m1/s1. The van der Waals surface area contributed by atoms with Crippen LogP contribution >= 0.6 is 0 Å². The maximum atomic E-state index is 9.08. The number of hydrogen-bond acceptors (Lipinski definition) is 6. The van der Waals surface area contributed by atoms with Gasteiger partial charge in [0.2, 0.25) is 11.7 Å². The summed E-state index contributed by atoms with van der Waals surface area (Å²) in [6.07, 6.45) is 7.60. The van der Waals surface area contributed by atoms with Crippen molar-refractivity contribution in [3.63, 3.8) is 0 Å². The van der Waals surface area contributed by atoms with Crippen molar-refractivity contribution in [3.8, 4) is 11.4 Å². The monoisotopic (exact) mass is 302 g/mol. The highest BCUT2D eigenvalue weighted by Crippen LogP contribution is 2.34. The first kappa shape index (κ1) is 15.1. The van der Waals surface area contributed by atoms with Gasteiger partial charge in [0.1, 0.15) is 0 Å². The van der Waals surface area contributed by atoms with Crippen molar-refractivity contribution in [1.82, 2.24) is 20.0 Å². The number of nitrogens with zero attached hydrogens (tertiary/aromatic N) is 4. The number of hydrogen-bond donors (Lipinski definition) is 1. The van der Waals surface area contributed by atoms with Crippen molar-refractivity contribution in [3.05, 3.63) is 30.4 Å². The molecule has 1 aliphatic heterocycles. The predicted octanol–water partition coefficient (Wildman–Crippen LogP) is 2.26. The molecular weight excluding hydrogens is 280 g/mol. The molecule has 1 aliphatic rings. The molecule has 0 radical (unpaired) electrons. The van der Waals surface area contributed by atoms with Crippen molar-refractivity contribution in [2.75, 3.05) is 13.2 Å². The molecule has 3 heterocycles. The first-order valence-corrected chi connectivity index (χ1v) is 7.80. The van der Waals surface area contributed by atoms with Gasteiger partial charge in [-0.05, 0) is 51.3 Å². The normalized spacial score (nSPS) is 22.3. The Balaban J connectivity index is 1.69. The van der Waals surface area contributed by atoms with Gasteiger partial charge in [0.15, 0.2) is 0 Å². The van der Waals surface area contributed by atoms with Crippen molar-refractivity contribution < 1.29 is 9.63 Å². The lowest BCUT2D eigenvalue weighted by atomic mass is 9.93. The number of aromatic nitrogens is 3. The molecule has 6 nitrogen and oxygen atoms in total. The first-order valence-electron chi connectivity index (χ1n) is 7.80. The zero-order chi connectivity index (χ0) is 15.4. The SMILES string of the molecule is C[C@]1(CCCO)CCCN1Cc1nc(-c2cccnc2)no1. The summed E-state index contributed by atoms with van der Waals surface area (Å²) in [7, 11) is 0. The average Bonchev–Trinajstić information content (AvgIpc) is 3.15. The maximum absolute atomic E-state index is 9.08. The third kappa shape index (κ3) is 3.18. The van der Waals surface area contributed by atoms with Crippen molar-refractivity contribution in [2.45, 2.75) is 44.7 Å². The molecule has 0 spiro atoms. The number of rotatable bonds is 6. The fraction of sp³-hybridized carbons (Fsp3) is 0.562. The van der Waals surface area contributed by atoms with E-state index >= 15 is 0 Å². The van der Waals surface area contributed by atoms with E-state index in [1.165, 1.54) is 6.42 Å². The molecule has 6 heteroatoms. The van der Waals surface area contributed by atoms with Crippen LogP contribution in [0.15, 0.2) is 29.0 Å². The quantitative estimate of drug-likeness (QED) is 0.882. The molecule has 0 aliphatic carbocycles. The van der Waals surface area contributed by atoms with Crippen molar-refractivity contribution in [1.29, 1.82) is 0 Å². The third-order valence-electron chi connectivity index (χ3n) is 4.49. The van der Waals surface area contributed by atoms with E-state index in [-0.39, 0.29) is 12.1 Å². The van der Waals surface area contributed by atoms with Crippen LogP contribution in [-0.2, 0) is 6.54 Å². The largest absolute Gasteiger partial charge is 0.396 e. The molecule has 22 heavy (non-hydrogen) atoms. The lowest BCUT2D eigenvalue weighted by molar-refractivity contribution is 0.111. The minimum absolute atomic E-state index is 0.117. The highest BCUT2D eigenvalue weighted by atomic mass is 16.5. The molecule has 1 saturated heterocycles. The van der Waals surface area contributed by atoms with E-state index in [1.807, 2.05) is 12.1 Å². The first-order chi connectivity index (χ1) is 10.7. The second-order valence-corrected chi connectivity index (χ2v) is 6.10. The van der Waals surface area contributed by atoms with Crippen LogP contribution < -0.4 is 0 Å². The fourth-order valence-electron chi connectivity index (χ4n) is 3.19. The fourth-order valence-corrected chi connectivity index (χ4v) is 3.19. The topological polar surface area (TPSA) is 75.3 Å². The second kappa shape index (κ2) is 6.54. The molecule has 118 valence electrons. The molecule has 0 saturated carbocycles. The Bertz CT molecular complexity index is 601. The number of pyridine rings is 1. The molecule has 0 amide bonds. The van der Waals surface area contributed by atoms with E-state index in [2.05, 4.69) is 26.9 Å². The molecule has 0 aromatic carbocycles. The van der Waals surface area contributed by atoms with E-state index in [4.69, 9.17) is 9.63 Å². The molecule has 3 rings (SSSR count). The van der Waals surface area contributed by atoms with Crippen LogP contribution in [-0.4, -0.2) is 43.8 Å². The van der Waals surface area contributed by atoms with Gasteiger partial charge in [0.25, 0.3) is 0 Å². The van der Waals surface area contributed by atoms with Gasteiger partial charge in [0, 0.05) is 30.1 Å². The summed E-state index contributed by atoms with van der Waals surface area (Å²) < 4.78 is 5.40. The minimum atomic E-state index is 0.117. The van der Waals surface area contributed by atoms with Gasteiger partial charge >= 0.3 is 0 Å². The van der Waals surface area contributed by atoms with E-state index < -0.39 is 0 Å². The van der Waals surface area contributed by atoms with Gasteiger partial charge < -0.3 is 9.63 Å². The van der Waals surface area contributed by atoms with Crippen LogP contribution in [0, 0.1) is 0 Å². The summed E-state index contributed by atoms with van der Waals surface area (Å²) in [4.78, 5) is 10.9. The molecule has 0 bridgehead atoms. The Morgan fingerprint density at radius 1 is 1.45 bits per heavy atom. The summed E-state index contributed by atoms with van der Waals surface area (Å²) >= 11 is 0. The van der Waals surface area contributed by atoms with Crippen LogP contribution in [0.2, 0.25) is 0 Å². The van der Waals surface area contributed by atoms with E-state index in [0.717, 1.165) is 31.4 Å². The Morgan fingerprint density at radius 2 is 2.36 bits per heavy atom. The van der Waals surface area contributed by atoms with Gasteiger partial charge in [-0.3, -0.25) is 9.88 Å². The smallest absolute Gasteiger partial charge is 0.241 e. The summed E-state index contributed by atoms with van der Waals surface area (Å²) in [6.45, 7) is 4.20. The molecule has 2 aromatic heterocycles. The number of likely N-dealkylation sites (tertiary alicyclic amines) is 1. The zero-order valence-corrected chi connectivity index (χ0v) is 12.9. The number of aliphatic hydroxyl groups excluding tert-OH is 1. The van der Waals surface area contributed by atoms with Gasteiger partial charge in [-0.15, -0.1) is 0 Å². The lowest BCUT2D eigenvalue weighted by Crippen LogP contribution is -2.40. The Labute approximate surface area is 130 Å². The predicted molar refractivity (Wildman–Crippen MR) is 81.9 cm³/mol. The Kier molecular flexibility index (Phi) is 4.49. The van der Waals surface area contributed by atoms with Crippen LogP contribution in [0.3, 0.4) is 0 Å². The average molecular weight is 302 g/mol. The minimum Gasteiger partial charge on any atom is -0.396 e. The third-order valence-corrected chi connectivity index (χ3v) is 4.49. The van der Waals surface area contributed by atoms with Crippen molar-refractivity contribution in [2.24, 2.45) is 0 Å². The molecule has 1 atom stereocenters. The highest BCUT2D eigenvalue weighted by molar-refractivity contribution is 5.51. The second-order valence-electron chi connectivity index (χ2n) is 6.10. The van der Waals surface area contributed by atoms with E-state index in [1.54, 1.807) is 12.4 Å². The maximum Gasteiger partial charge on any atom is 0.241 e. The molecule has 2 aromatic rings. The van der Waals surface area contributed by atoms with Crippen LogP contribution in [0.5, 0.6) is 0 Å². The summed E-state index contributed by atoms with van der Waals surface area (Å²) in [5, 5.41) is 13.1. The highest BCUT2D eigenvalue weighted by Gasteiger charge is 2.36. The summed E-state index contributed by atoms with van der Waals surface area (Å²) in [6, 6.07) is 3.78. The van der Waals surface area contributed by atoms with Gasteiger partial charge in [0.05, 0.1) is 6.54 Å². The molecular formula is C16H22N4O2. The van der Waals surface area contributed by atoms with Gasteiger partial charge in [-0.25, -0.2) is 0 Å². The van der Waals surface area contributed by atoms with Crippen molar-refractivity contribution >= 4 is 0 Å². The van der Waals surface area contributed by atoms with Crippen LogP contribution in [0.1, 0.15) is 38.5 Å². The van der Waals surface area contributed by atoms with Crippen LogP contribution in [0.25, 0.3) is 11.4 Å². The summed E-state index contributed by atoms with van der Waals surface area (Å²) in [5.41, 5.74) is 0.980. The van der Waals surface area contributed by atoms with E-state index in [9.17, 15) is 0 Å². The molecule has 1 fully saturated rings. The summed E-state index contributed by atoms with van der Waals surface area (Å²) in [5.74, 6) is 1.22. The lowest BCUT2D eigenvalue weighted by Gasteiger charge is -2.34. The molecule has 1 N–H and O–H groups in total.